The second-order valence-corrected chi connectivity index (χ2v) is 8.42. The fraction of sp³-hybridized carbons (Fsp3) is 0.579. The van der Waals surface area contributed by atoms with Gasteiger partial charge in [-0.15, -0.1) is 0 Å². The number of benzene rings is 1. The minimum Gasteiger partial charge on any atom is -0.390 e. The topological polar surface area (TPSA) is 69.6 Å². The summed E-state index contributed by atoms with van der Waals surface area (Å²) in [5.74, 6) is -1.01. The van der Waals surface area contributed by atoms with Gasteiger partial charge in [-0.05, 0) is 49.9 Å². The van der Waals surface area contributed by atoms with Gasteiger partial charge in [0.2, 0.25) is 5.91 Å². The molecular formula is C19H20F4N2O3. The van der Waals surface area contributed by atoms with E-state index in [1.807, 2.05) is 0 Å². The van der Waals surface area contributed by atoms with E-state index in [4.69, 9.17) is 0 Å². The molecule has 1 aliphatic heterocycles. The SMILES string of the molecule is C[C@]1(O)C[C@@H](NC(=O)CN2C[C@@]3(C[C@@H]3F)c3cc(C(F)(F)F)ccc3C2=O)C1. The number of hydrogen-bond donors (Lipinski definition) is 2. The molecule has 2 saturated carbocycles. The molecule has 2 amide bonds. The summed E-state index contributed by atoms with van der Waals surface area (Å²) in [6.45, 7) is 1.23. The first-order valence-electron chi connectivity index (χ1n) is 9.08. The van der Waals surface area contributed by atoms with Gasteiger partial charge < -0.3 is 15.3 Å². The lowest BCUT2D eigenvalue weighted by Crippen LogP contribution is -2.56. The van der Waals surface area contributed by atoms with Crippen molar-refractivity contribution in [2.75, 3.05) is 13.1 Å². The van der Waals surface area contributed by atoms with E-state index in [0.29, 0.717) is 12.8 Å². The Balaban J connectivity index is 1.53. The number of nitrogens with zero attached hydrogens (tertiary/aromatic N) is 1. The van der Waals surface area contributed by atoms with Gasteiger partial charge >= 0.3 is 6.18 Å². The number of hydrogen-bond acceptors (Lipinski definition) is 3. The number of rotatable bonds is 3. The molecule has 2 aliphatic carbocycles. The summed E-state index contributed by atoms with van der Waals surface area (Å²) in [7, 11) is 0. The Kier molecular flexibility index (Phi) is 4.05. The van der Waals surface area contributed by atoms with Crippen LogP contribution in [0.15, 0.2) is 18.2 Å². The summed E-state index contributed by atoms with van der Waals surface area (Å²) in [6, 6.07) is 2.55. The summed E-state index contributed by atoms with van der Waals surface area (Å²) in [6.07, 6.45) is -5.09. The zero-order valence-corrected chi connectivity index (χ0v) is 15.1. The fourth-order valence-electron chi connectivity index (χ4n) is 4.37. The summed E-state index contributed by atoms with van der Waals surface area (Å²) < 4.78 is 53.3. The van der Waals surface area contributed by atoms with Crippen molar-refractivity contribution >= 4 is 11.8 Å². The minimum absolute atomic E-state index is 0.0128. The van der Waals surface area contributed by atoms with Crippen LogP contribution < -0.4 is 5.32 Å². The van der Waals surface area contributed by atoms with Gasteiger partial charge in [0.1, 0.15) is 6.17 Å². The molecule has 0 radical (unpaired) electrons. The van der Waals surface area contributed by atoms with Crippen LogP contribution in [0.3, 0.4) is 0 Å². The van der Waals surface area contributed by atoms with E-state index < -0.39 is 40.7 Å². The number of fused-ring (bicyclic) bond motifs is 2. The normalized spacial score (nSPS) is 34.1. The highest BCUT2D eigenvalue weighted by atomic mass is 19.4. The van der Waals surface area contributed by atoms with Crippen LogP contribution in [0.5, 0.6) is 0 Å². The molecule has 1 aromatic rings. The lowest BCUT2D eigenvalue weighted by atomic mass is 9.77. The maximum atomic E-state index is 14.2. The zero-order valence-electron chi connectivity index (χ0n) is 15.1. The van der Waals surface area contributed by atoms with Gasteiger partial charge in [0.05, 0.1) is 17.7 Å². The molecule has 0 unspecified atom stereocenters. The molecule has 4 rings (SSSR count). The van der Waals surface area contributed by atoms with E-state index in [-0.39, 0.29) is 36.7 Å². The number of carbonyl (C=O) groups is 2. The average Bonchev–Trinajstić information content (AvgIpc) is 3.19. The van der Waals surface area contributed by atoms with Crippen molar-refractivity contribution in [3.63, 3.8) is 0 Å². The summed E-state index contributed by atoms with van der Waals surface area (Å²) in [5, 5.41) is 12.4. The van der Waals surface area contributed by atoms with Crippen LogP contribution >= 0.6 is 0 Å². The van der Waals surface area contributed by atoms with Crippen LogP contribution in [0.4, 0.5) is 17.6 Å². The first kappa shape index (κ1) is 19.2. The lowest BCUT2D eigenvalue weighted by molar-refractivity contribution is -0.137. The second-order valence-electron chi connectivity index (χ2n) is 8.42. The standard InChI is InChI=1S/C19H20F4N2O3/c1-17(28)5-11(6-17)24-15(26)8-25-9-18(7-14(18)20)13-4-10(19(21,22)23)2-3-12(13)16(25)27/h2-4,11,14,28H,5-9H2,1H3,(H,24,26)/t11-,14-,17+,18-/m0/s1. The molecule has 2 atom stereocenters. The number of alkyl halides is 4. The maximum absolute atomic E-state index is 14.2. The first-order chi connectivity index (χ1) is 12.9. The number of aliphatic hydroxyl groups is 1. The van der Waals surface area contributed by atoms with E-state index in [1.165, 1.54) is 4.90 Å². The molecular weight excluding hydrogens is 380 g/mol. The smallest absolute Gasteiger partial charge is 0.390 e. The van der Waals surface area contributed by atoms with Crippen LogP contribution in [0, 0.1) is 0 Å². The number of amides is 2. The molecule has 0 aromatic heterocycles. The minimum atomic E-state index is -4.58. The Hall–Kier alpha value is -2.16. The van der Waals surface area contributed by atoms with Gasteiger partial charge in [-0.1, -0.05) is 0 Å². The maximum Gasteiger partial charge on any atom is 0.416 e. The van der Waals surface area contributed by atoms with Crippen molar-refractivity contribution < 1.29 is 32.3 Å². The summed E-state index contributed by atoms with van der Waals surface area (Å²) in [4.78, 5) is 26.2. The molecule has 1 spiro atoms. The Morgan fingerprint density at radius 2 is 1.96 bits per heavy atom. The third-order valence-electron chi connectivity index (χ3n) is 5.93. The second kappa shape index (κ2) is 5.92. The van der Waals surface area contributed by atoms with Crippen molar-refractivity contribution in [3.8, 4) is 0 Å². The van der Waals surface area contributed by atoms with E-state index in [0.717, 1.165) is 18.2 Å². The Bertz CT molecular complexity index is 846. The molecule has 0 bridgehead atoms. The van der Waals surface area contributed by atoms with E-state index in [2.05, 4.69) is 5.32 Å². The van der Waals surface area contributed by atoms with Gasteiger partial charge in [-0.3, -0.25) is 9.59 Å². The molecule has 2 fully saturated rings. The largest absolute Gasteiger partial charge is 0.416 e. The predicted octanol–water partition coefficient (Wildman–Crippen LogP) is 2.17. The van der Waals surface area contributed by atoms with Crippen molar-refractivity contribution in [2.45, 2.75) is 55.6 Å². The molecule has 152 valence electrons. The van der Waals surface area contributed by atoms with Crippen LogP contribution in [-0.2, 0) is 16.4 Å². The molecule has 9 heteroatoms. The lowest BCUT2D eigenvalue weighted by Gasteiger charge is -2.41. The molecule has 0 saturated heterocycles. The molecule has 1 heterocycles. The van der Waals surface area contributed by atoms with Gasteiger partial charge in [-0.2, -0.15) is 13.2 Å². The third-order valence-corrected chi connectivity index (χ3v) is 5.93. The van der Waals surface area contributed by atoms with E-state index in [1.54, 1.807) is 6.92 Å². The van der Waals surface area contributed by atoms with Crippen molar-refractivity contribution in [1.82, 2.24) is 10.2 Å². The quantitative estimate of drug-likeness (QED) is 0.765. The highest BCUT2D eigenvalue weighted by Crippen LogP contribution is 2.55. The number of carbonyl (C=O) groups excluding carboxylic acids is 2. The van der Waals surface area contributed by atoms with Gasteiger partial charge in [0.15, 0.2) is 0 Å². The number of halogens is 4. The van der Waals surface area contributed by atoms with Crippen LogP contribution in [0.25, 0.3) is 0 Å². The highest BCUT2D eigenvalue weighted by Gasteiger charge is 2.61. The van der Waals surface area contributed by atoms with Crippen LogP contribution in [0.1, 0.15) is 47.7 Å². The van der Waals surface area contributed by atoms with Gasteiger partial charge in [-0.25, -0.2) is 4.39 Å². The average molecular weight is 400 g/mol. The Labute approximate surface area is 158 Å². The molecule has 5 nitrogen and oxygen atoms in total. The van der Waals surface area contributed by atoms with Crippen molar-refractivity contribution in [3.05, 3.63) is 34.9 Å². The Morgan fingerprint density at radius 3 is 2.50 bits per heavy atom. The van der Waals surface area contributed by atoms with Crippen molar-refractivity contribution in [2.24, 2.45) is 0 Å². The third kappa shape index (κ3) is 3.15. The van der Waals surface area contributed by atoms with Crippen LogP contribution in [-0.4, -0.2) is 52.7 Å². The van der Waals surface area contributed by atoms with Crippen molar-refractivity contribution in [1.29, 1.82) is 0 Å². The predicted molar refractivity (Wildman–Crippen MR) is 90.3 cm³/mol. The van der Waals surface area contributed by atoms with Crippen LogP contribution in [0.2, 0.25) is 0 Å². The molecule has 2 N–H and O–H groups in total. The van der Waals surface area contributed by atoms with Gasteiger partial charge in [0.25, 0.3) is 5.91 Å². The fourth-order valence-corrected chi connectivity index (χ4v) is 4.37. The molecule has 3 aliphatic rings. The van der Waals surface area contributed by atoms with E-state index in [9.17, 15) is 32.3 Å². The zero-order chi connectivity index (χ0) is 20.5. The first-order valence-corrected chi connectivity index (χ1v) is 9.08. The Morgan fingerprint density at radius 1 is 1.32 bits per heavy atom. The molecule has 28 heavy (non-hydrogen) atoms. The van der Waals surface area contributed by atoms with E-state index >= 15 is 0 Å². The molecule has 1 aromatic carbocycles. The monoisotopic (exact) mass is 400 g/mol. The summed E-state index contributed by atoms with van der Waals surface area (Å²) in [5.41, 5.74) is -2.82. The van der Waals surface area contributed by atoms with Gasteiger partial charge in [0, 0.05) is 23.6 Å². The highest BCUT2D eigenvalue weighted by molar-refractivity contribution is 6.00. The number of nitrogens with one attached hydrogen (secondary N) is 1. The summed E-state index contributed by atoms with van der Waals surface area (Å²) >= 11 is 0.